The number of sulfonamides is 1. The summed E-state index contributed by atoms with van der Waals surface area (Å²) in [5, 5.41) is 13.5. The number of nitrogens with zero attached hydrogens (tertiary/aromatic N) is 1. The lowest BCUT2D eigenvalue weighted by Gasteiger charge is -2.28. The molecule has 2 heterocycles. The molecule has 7 heteroatoms. The summed E-state index contributed by atoms with van der Waals surface area (Å²) in [6.07, 6.45) is 0. The van der Waals surface area contributed by atoms with E-state index in [0.29, 0.717) is 5.56 Å². The Morgan fingerprint density at radius 1 is 1.12 bits per heavy atom. The van der Waals surface area contributed by atoms with Gasteiger partial charge in [0.1, 0.15) is 5.70 Å². The molecule has 0 aliphatic carbocycles. The monoisotopic (exact) mass is 371 g/mol. The van der Waals surface area contributed by atoms with Crippen LogP contribution in [0, 0.1) is 0 Å². The van der Waals surface area contributed by atoms with Crippen molar-refractivity contribution < 1.29 is 18.3 Å². The molecule has 4 rings (SSSR count). The third kappa shape index (κ3) is 2.27. The van der Waals surface area contributed by atoms with Crippen LogP contribution in [0.1, 0.15) is 15.9 Å². The molecule has 1 N–H and O–H groups in total. The average molecular weight is 371 g/mol. The van der Waals surface area contributed by atoms with Gasteiger partial charge in [0.2, 0.25) is 5.78 Å². The summed E-state index contributed by atoms with van der Waals surface area (Å²) < 4.78 is 27.3. The van der Waals surface area contributed by atoms with E-state index in [0.717, 1.165) is 14.4 Å². The summed E-state index contributed by atoms with van der Waals surface area (Å²) in [6, 6.07) is 13.2. The fraction of sp³-hybridized carbons (Fsp3) is 0.0556. The Morgan fingerprint density at radius 2 is 1.88 bits per heavy atom. The topological polar surface area (TPSA) is 74.7 Å². The predicted molar refractivity (Wildman–Crippen MR) is 97.1 cm³/mol. The van der Waals surface area contributed by atoms with Gasteiger partial charge in [-0.05, 0) is 47.2 Å². The zero-order chi connectivity index (χ0) is 17.8. The van der Waals surface area contributed by atoms with E-state index in [1.54, 1.807) is 35.6 Å². The molecule has 126 valence electrons. The minimum Gasteiger partial charge on any atom is -0.505 e. The van der Waals surface area contributed by atoms with Crippen molar-refractivity contribution in [2.24, 2.45) is 0 Å². The molecule has 0 atom stereocenters. The van der Waals surface area contributed by atoms with Crippen molar-refractivity contribution in [1.29, 1.82) is 0 Å². The van der Waals surface area contributed by atoms with E-state index in [9.17, 15) is 18.3 Å². The second kappa shape index (κ2) is 5.44. The molecular formula is C18H13NO4S2. The number of rotatable bonds is 1. The van der Waals surface area contributed by atoms with Crippen LogP contribution in [-0.4, -0.2) is 30.7 Å². The van der Waals surface area contributed by atoms with Crippen molar-refractivity contribution in [3.63, 3.8) is 0 Å². The van der Waals surface area contributed by atoms with Crippen LogP contribution < -0.4 is 0 Å². The molecule has 3 aromatic rings. The molecular weight excluding hydrogens is 358 g/mol. The Labute approximate surface area is 148 Å². The molecule has 25 heavy (non-hydrogen) atoms. The van der Waals surface area contributed by atoms with Gasteiger partial charge in [-0.25, -0.2) is 8.42 Å². The molecule has 2 aromatic carbocycles. The molecule has 0 unspecified atom stereocenters. The van der Waals surface area contributed by atoms with Gasteiger partial charge >= 0.3 is 0 Å². The summed E-state index contributed by atoms with van der Waals surface area (Å²) in [7, 11) is -2.62. The number of thiophene rings is 1. The lowest BCUT2D eigenvalue weighted by molar-refractivity contribution is 0.100. The highest BCUT2D eigenvalue weighted by atomic mass is 32.2. The summed E-state index contributed by atoms with van der Waals surface area (Å²) in [4.78, 5) is 12.8. The van der Waals surface area contributed by atoms with E-state index in [2.05, 4.69) is 0 Å². The molecule has 1 aliphatic rings. The highest BCUT2D eigenvalue weighted by Gasteiger charge is 2.39. The highest BCUT2D eigenvalue weighted by Crippen LogP contribution is 2.35. The molecule has 0 spiro atoms. The van der Waals surface area contributed by atoms with Gasteiger partial charge in [-0.1, -0.05) is 12.1 Å². The Bertz CT molecular complexity index is 1160. The number of carbonyl (C=O) groups excluding carboxylic acids is 1. The number of carbonyl (C=O) groups is 1. The highest BCUT2D eigenvalue weighted by molar-refractivity contribution is 7.89. The molecule has 0 saturated heterocycles. The van der Waals surface area contributed by atoms with Gasteiger partial charge < -0.3 is 5.11 Å². The second-order valence-corrected chi connectivity index (χ2v) is 8.55. The lowest BCUT2D eigenvalue weighted by atomic mass is 10.0. The maximum atomic E-state index is 12.8. The average Bonchev–Trinajstić information content (AvgIpc) is 3.08. The Hall–Kier alpha value is -2.64. The molecule has 0 fully saturated rings. The summed E-state index contributed by atoms with van der Waals surface area (Å²) in [5.41, 5.74) is 0.225. The number of benzene rings is 2. The van der Waals surface area contributed by atoms with Gasteiger partial charge in [0.25, 0.3) is 10.0 Å². The third-order valence-electron chi connectivity index (χ3n) is 4.25. The van der Waals surface area contributed by atoms with Crippen LogP contribution in [0.2, 0.25) is 0 Å². The first-order valence-corrected chi connectivity index (χ1v) is 9.77. The van der Waals surface area contributed by atoms with Crippen LogP contribution >= 0.6 is 11.3 Å². The van der Waals surface area contributed by atoms with E-state index in [4.69, 9.17) is 0 Å². The Kier molecular flexibility index (Phi) is 3.45. The SMILES string of the molecule is CN1C(=C(O)c2ccc3sccc3c2)C(=O)c2ccccc2S1(=O)=O. The van der Waals surface area contributed by atoms with Gasteiger partial charge in [0, 0.05) is 22.9 Å². The van der Waals surface area contributed by atoms with Crippen LogP contribution in [-0.2, 0) is 10.0 Å². The van der Waals surface area contributed by atoms with Gasteiger partial charge in [0.15, 0.2) is 5.76 Å². The number of allylic oxidation sites excluding steroid dienone is 1. The maximum absolute atomic E-state index is 12.8. The molecule has 0 amide bonds. The number of ketones is 1. The standard InChI is InChI=1S/C18H13NO4S2/c1-19-16(17(20)12-6-7-14-11(10-12)8-9-24-14)18(21)13-4-2-3-5-15(13)25(19,22)23/h2-10,20H,1H3. The fourth-order valence-corrected chi connectivity index (χ4v) is 5.09. The first-order valence-electron chi connectivity index (χ1n) is 7.45. The molecule has 1 aliphatic heterocycles. The third-order valence-corrected chi connectivity index (χ3v) is 6.96. The Morgan fingerprint density at radius 3 is 2.68 bits per heavy atom. The minimum absolute atomic E-state index is 0.0488. The van der Waals surface area contributed by atoms with Crippen molar-refractivity contribution in [2.75, 3.05) is 7.05 Å². The van der Waals surface area contributed by atoms with Crippen LogP contribution in [0.4, 0.5) is 0 Å². The maximum Gasteiger partial charge on any atom is 0.265 e. The Balaban J connectivity index is 1.97. The van der Waals surface area contributed by atoms with Crippen LogP contribution in [0.25, 0.3) is 15.8 Å². The van der Waals surface area contributed by atoms with Crippen molar-refractivity contribution in [1.82, 2.24) is 4.31 Å². The van der Waals surface area contributed by atoms with Crippen molar-refractivity contribution in [3.05, 3.63) is 70.7 Å². The summed E-state index contributed by atoms with van der Waals surface area (Å²) >= 11 is 1.56. The molecule has 0 radical (unpaired) electrons. The largest absolute Gasteiger partial charge is 0.505 e. The van der Waals surface area contributed by atoms with E-state index in [1.807, 2.05) is 17.5 Å². The lowest BCUT2D eigenvalue weighted by Crippen LogP contribution is -2.37. The van der Waals surface area contributed by atoms with Gasteiger partial charge in [-0.3, -0.25) is 9.10 Å². The van der Waals surface area contributed by atoms with E-state index in [-0.39, 0.29) is 21.9 Å². The van der Waals surface area contributed by atoms with E-state index in [1.165, 1.54) is 19.2 Å². The quantitative estimate of drug-likeness (QED) is 0.523. The number of aliphatic hydroxyl groups excluding tert-OH is 1. The van der Waals surface area contributed by atoms with Gasteiger partial charge in [-0.2, -0.15) is 0 Å². The smallest absolute Gasteiger partial charge is 0.265 e. The minimum atomic E-state index is -3.89. The van der Waals surface area contributed by atoms with Crippen LogP contribution in [0.15, 0.2) is 64.5 Å². The number of aliphatic hydroxyl groups is 1. The van der Waals surface area contributed by atoms with Crippen LogP contribution in [0.3, 0.4) is 0 Å². The van der Waals surface area contributed by atoms with E-state index >= 15 is 0 Å². The molecule has 1 aromatic heterocycles. The number of Topliss-reactive ketones (excluding diaryl/α,β-unsaturated/α-hetero) is 1. The van der Waals surface area contributed by atoms with Crippen LogP contribution in [0.5, 0.6) is 0 Å². The van der Waals surface area contributed by atoms with Crippen molar-refractivity contribution >= 4 is 43.0 Å². The molecule has 5 nitrogen and oxygen atoms in total. The number of fused-ring (bicyclic) bond motifs is 2. The first kappa shape index (κ1) is 15.9. The second-order valence-electron chi connectivity index (χ2n) is 5.67. The van der Waals surface area contributed by atoms with Gasteiger partial charge in [0.05, 0.1) is 4.90 Å². The van der Waals surface area contributed by atoms with Gasteiger partial charge in [-0.15, -0.1) is 11.3 Å². The molecule has 0 saturated carbocycles. The number of hydrogen-bond acceptors (Lipinski definition) is 5. The number of hydrogen-bond donors (Lipinski definition) is 1. The van der Waals surface area contributed by atoms with Crippen molar-refractivity contribution in [3.8, 4) is 0 Å². The predicted octanol–water partition coefficient (Wildman–Crippen LogP) is 3.64. The zero-order valence-electron chi connectivity index (χ0n) is 13.1. The first-order chi connectivity index (χ1) is 11.9. The zero-order valence-corrected chi connectivity index (χ0v) is 14.8. The summed E-state index contributed by atoms with van der Waals surface area (Å²) in [5.74, 6) is -0.866. The van der Waals surface area contributed by atoms with E-state index < -0.39 is 15.8 Å². The fourth-order valence-electron chi connectivity index (χ4n) is 2.92. The normalized spacial score (nSPS) is 18.3. The number of likely N-dealkylation sites (N-methyl/N-ethyl adjacent to an activating group) is 1. The summed E-state index contributed by atoms with van der Waals surface area (Å²) in [6.45, 7) is 0. The van der Waals surface area contributed by atoms with Crippen molar-refractivity contribution in [2.45, 2.75) is 4.90 Å². The molecule has 0 bridgehead atoms.